The molecule has 17 heavy (non-hydrogen) atoms. The Labute approximate surface area is 103 Å². The van der Waals surface area contributed by atoms with Crippen LogP contribution >= 0.6 is 0 Å². The fourth-order valence-corrected chi connectivity index (χ4v) is 2.24. The average molecular weight is 235 g/mol. The smallest absolute Gasteiger partial charge is 0.0723 e. The van der Waals surface area contributed by atoms with Crippen LogP contribution in [0.3, 0.4) is 0 Å². The van der Waals surface area contributed by atoms with Gasteiger partial charge in [0.25, 0.3) is 0 Å². The molecule has 2 rings (SSSR count). The van der Waals surface area contributed by atoms with Crippen LogP contribution in [-0.2, 0) is 4.74 Å². The molecule has 1 heterocycles. The summed E-state index contributed by atoms with van der Waals surface area (Å²) >= 11 is 0. The molecule has 0 aromatic heterocycles. The molecule has 1 aliphatic rings. The zero-order chi connectivity index (χ0) is 12.4. The maximum atomic E-state index is 5.87. The van der Waals surface area contributed by atoms with E-state index in [1.165, 1.54) is 0 Å². The van der Waals surface area contributed by atoms with Gasteiger partial charge in [0.1, 0.15) is 0 Å². The van der Waals surface area contributed by atoms with Crippen LogP contribution < -0.4 is 16.4 Å². The number of hydrogen-bond donors (Lipinski definition) is 2. The first-order valence-corrected chi connectivity index (χ1v) is 6.15. The summed E-state index contributed by atoms with van der Waals surface area (Å²) in [5, 5.41) is 0. The Morgan fingerprint density at radius 2 is 2.12 bits per heavy atom. The molecule has 2 atom stereocenters. The minimum absolute atomic E-state index is 0.261. The van der Waals surface area contributed by atoms with Gasteiger partial charge in [-0.3, -0.25) is 0 Å². The molecule has 1 aromatic carbocycles. The van der Waals surface area contributed by atoms with Gasteiger partial charge >= 0.3 is 0 Å². The highest BCUT2D eigenvalue weighted by Crippen LogP contribution is 2.27. The van der Waals surface area contributed by atoms with Gasteiger partial charge in [0.05, 0.1) is 30.1 Å². The highest BCUT2D eigenvalue weighted by molar-refractivity contribution is 5.70. The van der Waals surface area contributed by atoms with Gasteiger partial charge in [0.2, 0.25) is 0 Å². The molecule has 94 valence electrons. The Hall–Kier alpha value is -1.42. The van der Waals surface area contributed by atoms with E-state index in [1.54, 1.807) is 0 Å². The van der Waals surface area contributed by atoms with Crippen LogP contribution in [0.4, 0.5) is 17.1 Å². The molecule has 4 heteroatoms. The van der Waals surface area contributed by atoms with Crippen molar-refractivity contribution in [1.82, 2.24) is 0 Å². The van der Waals surface area contributed by atoms with Crippen LogP contribution in [0, 0.1) is 0 Å². The summed E-state index contributed by atoms with van der Waals surface area (Å²) in [6.45, 7) is 5.96. The molecule has 1 fully saturated rings. The average Bonchev–Trinajstić information content (AvgIpc) is 2.32. The summed E-state index contributed by atoms with van der Waals surface area (Å²) in [7, 11) is 0. The highest BCUT2D eigenvalue weighted by atomic mass is 16.5. The van der Waals surface area contributed by atoms with E-state index in [-0.39, 0.29) is 6.10 Å². The Kier molecular flexibility index (Phi) is 3.43. The van der Waals surface area contributed by atoms with E-state index in [2.05, 4.69) is 18.7 Å². The Morgan fingerprint density at radius 1 is 1.35 bits per heavy atom. The quantitative estimate of drug-likeness (QED) is 0.768. The molecule has 1 aromatic rings. The Morgan fingerprint density at radius 3 is 2.76 bits per heavy atom. The lowest BCUT2D eigenvalue weighted by molar-refractivity contribution is 0.0299. The standard InChI is InChI=1S/C13H21N3O/c1-3-10-8-17-9(2)7-16(10)11-4-5-12(14)13(15)6-11/h4-6,9-10H,3,7-8,14-15H2,1-2H3. The number of benzene rings is 1. The van der Waals surface area contributed by atoms with E-state index < -0.39 is 0 Å². The molecule has 0 bridgehead atoms. The summed E-state index contributed by atoms with van der Waals surface area (Å²) in [5.41, 5.74) is 14.0. The van der Waals surface area contributed by atoms with Crippen molar-refractivity contribution in [3.8, 4) is 0 Å². The van der Waals surface area contributed by atoms with Crippen molar-refractivity contribution in [3.63, 3.8) is 0 Å². The van der Waals surface area contributed by atoms with Gasteiger partial charge in [-0.15, -0.1) is 0 Å². The lowest BCUT2D eigenvalue weighted by Gasteiger charge is -2.40. The predicted octanol–water partition coefficient (Wildman–Crippen LogP) is 1.85. The van der Waals surface area contributed by atoms with E-state index in [0.29, 0.717) is 17.4 Å². The topological polar surface area (TPSA) is 64.5 Å². The van der Waals surface area contributed by atoms with Gasteiger partial charge in [-0.05, 0) is 31.5 Å². The van der Waals surface area contributed by atoms with Crippen molar-refractivity contribution in [2.24, 2.45) is 0 Å². The monoisotopic (exact) mass is 235 g/mol. The molecule has 0 spiro atoms. The van der Waals surface area contributed by atoms with Gasteiger partial charge in [-0.1, -0.05) is 6.92 Å². The second-order valence-electron chi connectivity index (χ2n) is 4.67. The van der Waals surface area contributed by atoms with Crippen LogP contribution in [0.25, 0.3) is 0 Å². The number of rotatable bonds is 2. The van der Waals surface area contributed by atoms with Crippen LogP contribution in [0.5, 0.6) is 0 Å². The largest absolute Gasteiger partial charge is 0.397 e. The van der Waals surface area contributed by atoms with Gasteiger partial charge in [0, 0.05) is 12.2 Å². The Balaban J connectivity index is 2.25. The van der Waals surface area contributed by atoms with Crippen LogP contribution in [0.1, 0.15) is 20.3 Å². The van der Waals surface area contributed by atoms with Gasteiger partial charge < -0.3 is 21.1 Å². The van der Waals surface area contributed by atoms with Gasteiger partial charge in [0.15, 0.2) is 0 Å². The molecule has 4 N–H and O–H groups in total. The van der Waals surface area contributed by atoms with E-state index in [4.69, 9.17) is 16.2 Å². The molecule has 0 aliphatic carbocycles. The van der Waals surface area contributed by atoms with E-state index in [0.717, 1.165) is 25.3 Å². The summed E-state index contributed by atoms with van der Waals surface area (Å²) in [5.74, 6) is 0. The van der Waals surface area contributed by atoms with Crippen molar-refractivity contribution in [2.45, 2.75) is 32.4 Å². The Bertz CT molecular complexity index is 394. The molecule has 4 nitrogen and oxygen atoms in total. The summed E-state index contributed by atoms with van der Waals surface area (Å²) in [6, 6.07) is 6.29. The number of nitrogens with two attached hydrogens (primary N) is 2. The maximum absolute atomic E-state index is 5.87. The number of nitrogens with zero attached hydrogens (tertiary/aromatic N) is 1. The molecular weight excluding hydrogens is 214 g/mol. The first-order chi connectivity index (χ1) is 8.11. The fourth-order valence-electron chi connectivity index (χ4n) is 2.24. The zero-order valence-electron chi connectivity index (χ0n) is 10.5. The normalized spacial score (nSPS) is 24.9. The third-order valence-electron chi connectivity index (χ3n) is 3.34. The molecule has 1 aliphatic heterocycles. The van der Waals surface area contributed by atoms with Crippen LogP contribution in [0.15, 0.2) is 18.2 Å². The van der Waals surface area contributed by atoms with Crippen LogP contribution in [-0.4, -0.2) is 25.3 Å². The fraction of sp³-hybridized carbons (Fsp3) is 0.538. The minimum Gasteiger partial charge on any atom is -0.397 e. The number of ether oxygens (including phenoxy) is 1. The number of anilines is 3. The van der Waals surface area contributed by atoms with Gasteiger partial charge in [-0.2, -0.15) is 0 Å². The summed E-state index contributed by atoms with van der Waals surface area (Å²) in [6.07, 6.45) is 1.33. The van der Waals surface area contributed by atoms with Crippen molar-refractivity contribution in [1.29, 1.82) is 0 Å². The predicted molar refractivity (Wildman–Crippen MR) is 72.1 cm³/mol. The SMILES string of the molecule is CCC1COC(C)CN1c1ccc(N)c(N)c1. The highest BCUT2D eigenvalue weighted by Gasteiger charge is 2.25. The molecule has 2 unspecified atom stereocenters. The van der Waals surface area contributed by atoms with E-state index in [1.807, 2.05) is 18.2 Å². The number of nitrogen functional groups attached to an aromatic ring is 2. The third-order valence-corrected chi connectivity index (χ3v) is 3.34. The number of hydrogen-bond acceptors (Lipinski definition) is 4. The molecule has 0 amide bonds. The number of morpholine rings is 1. The van der Waals surface area contributed by atoms with E-state index in [9.17, 15) is 0 Å². The van der Waals surface area contributed by atoms with Crippen molar-refractivity contribution < 1.29 is 4.74 Å². The van der Waals surface area contributed by atoms with E-state index >= 15 is 0 Å². The maximum Gasteiger partial charge on any atom is 0.0723 e. The summed E-state index contributed by atoms with van der Waals surface area (Å²) in [4.78, 5) is 2.37. The van der Waals surface area contributed by atoms with Crippen molar-refractivity contribution in [2.75, 3.05) is 29.5 Å². The molecule has 1 saturated heterocycles. The lowest BCUT2D eigenvalue weighted by atomic mass is 10.1. The van der Waals surface area contributed by atoms with Crippen molar-refractivity contribution >= 4 is 17.1 Å². The third kappa shape index (κ3) is 2.47. The second kappa shape index (κ2) is 4.84. The zero-order valence-corrected chi connectivity index (χ0v) is 10.5. The molecule has 0 radical (unpaired) electrons. The van der Waals surface area contributed by atoms with Crippen LogP contribution in [0.2, 0.25) is 0 Å². The van der Waals surface area contributed by atoms with Gasteiger partial charge in [-0.25, -0.2) is 0 Å². The van der Waals surface area contributed by atoms with Crippen molar-refractivity contribution in [3.05, 3.63) is 18.2 Å². The summed E-state index contributed by atoms with van der Waals surface area (Å²) < 4.78 is 5.69. The minimum atomic E-state index is 0.261. The first-order valence-electron chi connectivity index (χ1n) is 6.15. The molecule has 0 saturated carbocycles. The molecular formula is C13H21N3O. The second-order valence-corrected chi connectivity index (χ2v) is 4.67. The first kappa shape index (κ1) is 12.0. The lowest BCUT2D eigenvalue weighted by Crippen LogP contribution is -2.48.